The molecule has 2 rings (SSSR count). The van der Waals surface area contributed by atoms with Crippen LogP contribution in [0, 0.1) is 0 Å². The molecule has 2 aromatic rings. The molecular formula is C16H22N2O2S. The molecule has 0 spiro atoms. The van der Waals surface area contributed by atoms with Crippen molar-refractivity contribution in [3.05, 3.63) is 36.0 Å². The Morgan fingerprint density at radius 2 is 2.24 bits per heavy atom. The topological polar surface area (TPSA) is 65.1 Å². The summed E-state index contributed by atoms with van der Waals surface area (Å²) in [6.07, 6.45) is 5.05. The van der Waals surface area contributed by atoms with Gasteiger partial charge in [0.05, 0.1) is 6.61 Å². The predicted molar refractivity (Wildman–Crippen MR) is 88.6 cm³/mol. The maximum absolute atomic E-state index is 12.0. The molecule has 0 aliphatic carbocycles. The summed E-state index contributed by atoms with van der Waals surface area (Å²) in [5.41, 5.74) is 2.27. The van der Waals surface area contributed by atoms with E-state index in [9.17, 15) is 9.90 Å². The summed E-state index contributed by atoms with van der Waals surface area (Å²) in [7, 11) is 0. The van der Waals surface area contributed by atoms with Crippen LogP contribution in [0.3, 0.4) is 0 Å². The molecule has 0 aliphatic rings. The van der Waals surface area contributed by atoms with E-state index in [0.29, 0.717) is 6.42 Å². The Kier molecular flexibility index (Phi) is 5.70. The zero-order valence-electron chi connectivity index (χ0n) is 12.4. The summed E-state index contributed by atoms with van der Waals surface area (Å²) in [4.78, 5) is 15.1. The van der Waals surface area contributed by atoms with E-state index in [1.54, 1.807) is 11.8 Å². The highest BCUT2D eigenvalue weighted by Crippen LogP contribution is 2.15. The van der Waals surface area contributed by atoms with E-state index in [-0.39, 0.29) is 23.8 Å². The molecule has 4 nitrogen and oxygen atoms in total. The fourth-order valence-corrected chi connectivity index (χ4v) is 3.00. The first-order chi connectivity index (χ1) is 10.1. The van der Waals surface area contributed by atoms with Gasteiger partial charge in [0.25, 0.3) is 0 Å². The van der Waals surface area contributed by atoms with Gasteiger partial charge in [-0.25, -0.2) is 0 Å². The van der Waals surface area contributed by atoms with Crippen molar-refractivity contribution in [3.63, 3.8) is 0 Å². The number of carbonyl (C=O) groups is 1. The molecule has 1 amide bonds. The third-order valence-electron chi connectivity index (χ3n) is 3.69. The second-order valence-electron chi connectivity index (χ2n) is 5.21. The summed E-state index contributed by atoms with van der Waals surface area (Å²) >= 11 is 1.57. The van der Waals surface area contributed by atoms with Crippen molar-refractivity contribution in [2.45, 2.75) is 31.1 Å². The summed E-state index contributed by atoms with van der Waals surface area (Å²) < 4.78 is 0. The highest BCUT2D eigenvalue weighted by atomic mass is 32.2. The Balaban J connectivity index is 1.85. The van der Waals surface area contributed by atoms with Gasteiger partial charge in [-0.1, -0.05) is 6.07 Å². The van der Waals surface area contributed by atoms with Gasteiger partial charge in [0.1, 0.15) is 0 Å². The standard InChI is InChI=1S/C16H22N2O2S/c1-11(15(10-19)21-2)18-16(20)6-4-12-3-5-14-13(9-12)7-8-17-14/h3,5,7-9,11,15,17,19H,4,6,10H2,1-2H3,(H,18,20). The number of aromatic nitrogens is 1. The monoisotopic (exact) mass is 306 g/mol. The van der Waals surface area contributed by atoms with E-state index >= 15 is 0 Å². The van der Waals surface area contributed by atoms with Gasteiger partial charge in [0.15, 0.2) is 0 Å². The van der Waals surface area contributed by atoms with Gasteiger partial charge >= 0.3 is 0 Å². The van der Waals surface area contributed by atoms with Gasteiger partial charge in [-0.05, 0) is 48.7 Å². The van der Waals surface area contributed by atoms with E-state index < -0.39 is 0 Å². The maximum Gasteiger partial charge on any atom is 0.220 e. The molecule has 0 saturated carbocycles. The van der Waals surface area contributed by atoms with Crippen LogP contribution in [0.25, 0.3) is 10.9 Å². The molecule has 5 heteroatoms. The number of benzene rings is 1. The molecule has 0 aliphatic heterocycles. The normalized spacial score (nSPS) is 14.0. The number of hydrogen-bond acceptors (Lipinski definition) is 3. The number of nitrogens with one attached hydrogen (secondary N) is 2. The summed E-state index contributed by atoms with van der Waals surface area (Å²) in [6, 6.07) is 8.21. The number of hydrogen-bond donors (Lipinski definition) is 3. The lowest BCUT2D eigenvalue weighted by Gasteiger charge is -2.21. The molecule has 1 heterocycles. The van der Waals surface area contributed by atoms with Crippen LogP contribution in [-0.2, 0) is 11.2 Å². The smallest absolute Gasteiger partial charge is 0.220 e. The Hall–Kier alpha value is -1.46. The molecule has 21 heavy (non-hydrogen) atoms. The molecule has 3 N–H and O–H groups in total. The van der Waals surface area contributed by atoms with Crippen molar-refractivity contribution < 1.29 is 9.90 Å². The number of aromatic amines is 1. The third kappa shape index (κ3) is 4.25. The Bertz CT molecular complexity index is 593. The van der Waals surface area contributed by atoms with Crippen LogP contribution < -0.4 is 5.32 Å². The first kappa shape index (κ1) is 15.9. The minimum atomic E-state index is -0.0235. The van der Waals surface area contributed by atoms with Crippen LogP contribution >= 0.6 is 11.8 Å². The van der Waals surface area contributed by atoms with Gasteiger partial charge in [-0.3, -0.25) is 4.79 Å². The van der Waals surface area contributed by atoms with Crippen LogP contribution in [0.15, 0.2) is 30.5 Å². The molecule has 2 unspecified atom stereocenters. The number of fused-ring (bicyclic) bond motifs is 1. The fraction of sp³-hybridized carbons (Fsp3) is 0.438. The van der Waals surface area contributed by atoms with Crippen molar-refractivity contribution >= 4 is 28.6 Å². The third-order valence-corrected chi connectivity index (χ3v) is 4.85. The van der Waals surface area contributed by atoms with Gasteiger partial charge in [0, 0.05) is 29.4 Å². The molecule has 2 atom stereocenters. The van der Waals surface area contributed by atoms with Crippen molar-refractivity contribution in [1.82, 2.24) is 10.3 Å². The number of rotatable bonds is 7. The number of aliphatic hydroxyl groups excluding tert-OH is 1. The second-order valence-corrected chi connectivity index (χ2v) is 6.29. The Morgan fingerprint density at radius 3 is 2.95 bits per heavy atom. The van der Waals surface area contributed by atoms with Gasteiger partial charge in [-0.2, -0.15) is 11.8 Å². The van der Waals surface area contributed by atoms with Crippen molar-refractivity contribution in [1.29, 1.82) is 0 Å². The van der Waals surface area contributed by atoms with Crippen molar-refractivity contribution in [2.24, 2.45) is 0 Å². The van der Waals surface area contributed by atoms with Crippen LogP contribution in [0.1, 0.15) is 18.9 Å². The van der Waals surface area contributed by atoms with Crippen LogP contribution in [0.2, 0.25) is 0 Å². The van der Waals surface area contributed by atoms with E-state index in [1.165, 1.54) is 5.39 Å². The van der Waals surface area contributed by atoms with Crippen LogP contribution in [0.5, 0.6) is 0 Å². The van der Waals surface area contributed by atoms with Crippen LogP contribution in [0.4, 0.5) is 0 Å². The molecule has 114 valence electrons. The fourth-order valence-electron chi connectivity index (χ4n) is 2.37. The number of H-pyrrole nitrogens is 1. The summed E-state index contributed by atoms with van der Waals surface area (Å²) in [5, 5.41) is 13.4. The largest absolute Gasteiger partial charge is 0.395 e. The minimum absolute atomic E-state index is 0.0235. The molecule has 1 aromatic carbocycles. The Labute approximate surface area is 129 Å². The van der Waals surface area contributed by atoms with Crippen LogP contribution in [-0.4, -0.2) is 40.2 Å². The highest BCUT2D eigenvalue weighted by molar-refractivity contribution is 7.99. The number of amides is 1. The van der Waals surface area contributed by atoms with E-state index in [1.807, 2.05) is 37.6 Å². The lowest BCUT2D eigenvalue weighted by molar-refractivity contribution is -0.121. The molecule has 0 saturated heterocycles. The van der Waals surface area contributed by atoms with E-state index in [2.05, 4.69) is 16.4 Å². The number of aliphatic hydroxyl groups is 1. The predicted octanol–water partition coefficient (Wildman–Crippen LogP) is 2.33. The molecule has 1 aromatic heterocycles. The van der Waals surface area contributed by atoms with Crippen molar-refractivity contribution in [2.75, 3.05) is 12.9 Å². The molecule has 0 bridgehead atoms. The average molecular weight is 306 g/mol. The second kappa shape index (κ2) is 7.52. The maximum atomic E-state index is 12.0. The Morgan fingerprint density at radius 1 is 1.43 bits per heavy atom. The van der Waals surface area contributed by atoms with E-state index in [0.717, 1.165) is 17.5 Å². The first-order valence-electron chi connectivity index (χ1n) is 7.13. The highest BCUT2D eigenvalue weighted by Gasteiger charge is 2.17. The number of carbonyl (C=O) groups excluding carboxylic acids is 1. The lowest BCUT2D eigenvalue weighted by Crippen LogP contribution is -2.41. The van der Waals surface area contributed by atoms with Gasteiger partial charge < -0.3 is 15.4 Å². The minimum Gasteiger partial charge on any atom is -0.395 e. The molecule has 0 radical (unpaired) electrons. The quantitative estimate of drug-likeness (QED) is 0.735. The van der Waals surface area contributed by atoms with Gasteiger partial charge in [-0.15, -0.1) is 0 Å². The molecule has 0 fully saturated rings. The van der Waals surface area contributed by atoms with Gasteiger partial charge in [0.2, 0.25) is 5.91 Å². The molecular weight excluding hydrogens is 284 g/mol. The lowest BCUT2D eigenvalue weighted by atomic mass is 10.1. The average Bonchev–Trinajstić information content (AvgIpc) is 2.93. The first-order valence-corrected chi connectivity index (χ1v) is 8.42. The van der Waals surface area contributed by atoms with E-state index in [4.69, 9.17) is 0 Å². The zero-order valence-corrected chi connectivity index (χ0v) is 13.2. The summed E-state index contributed by atoms with van der Waals surface area (Å²) in [6.45, 7) is 2.01. The van der Waals surface area contributed by atoms with Crippen molar-refractivity contribution in [3.8, 4) is 0 Å². The summed E-state index contributed by atoms with van der Waals surface area (Å²) in [5.74, 6) is 0.0316. The SMILES string of the molecule is CSC(CO)C(C)NC(=O)CCc1ccc2[nH]ccc2c1. The number of aryl methyl sites for hydroxylation is 1. The zero-order chi connectivity index (χ0) is 15.2. The number of thioether (sulfide) groups is 1.